The number of carbonyl (C=O) groups is 1. The third-order valence-corrected chi connectivity index (χ3v) is 7.21. The lowest BCUT2D eigenvalue weighted by Gasteiger charge is -2.61. The maximum atomic E-state index is 11.7. The SMILES string of the molecule is CC1CC(=O)CCN1C(C)C12CC3CC(CC(C3)C1)C2. The second kappa shape index (κ2) is 4.56. The lowest BCUT2D eigenvalue weighted by molar-refractivity contribution is -0.130. The average Bonchev–Trinajstić information content (AvgIpc) is 2.36. The van der Waals surface area contributed by atoms with Crippen LogP contribution in [0.4, 0.5) is 0 Å². The smallest absolute Gasteiger partial charge is 0.135 e. The third kappa shape index (κ3) is 1.98. The van der Waals surface area contributed by atoms with Gasteiger partial charge >= 0.3 is 0 Å². The summed E-state index contributed by atoms with van der Waals surface area (Å²) in [7, 11) is 0. The first kappa shape index (κ1) is 13.3. The molecular formula is C18H29NO. The van der Waals surface area contributed by atoms with Crippen molar-refractivity contribution in [2.75, 3.05) is 6.54 Å². The molecule has 5 aliphatic rings. The monoisotopic (exact) mass is 275 g/mol. The Hall–Kier alpha value is -0.370. The highest BCUT2D eigenvalue weighted by Gasteiger charge is 2.54. The van der Waals surface area contributed by atoms with Gasteiger partial charge in [0.25, 0.3) is 0 Å². The Kier molecular flexibility index (Phi) is 3.03. The number of Topliss-reactive ketones (excluding diaryl/α,β-unsaturated/α-hetero) is 1. The van der Waals surface area contributed by atoms with E-state index in [4.69, 9.17) is 0 Å². The molecule has 2 unspecified atom stereocenters. The summed E-state index contributed by atoms with van der Waals surface area (Å²) in [6.45, 7) is 5.77. The number of nitrogens with zero attached hydrogens (tertiary/aromatic N) is 1. The second-order valence-electron chi connectivity index (χ2n) is 8.54. The molecule has 112 valence electrons. The molecule has 1 aliphatic heterocycles. The molecule has 20 heavy (non-hydrogen) atoms. The largest absolute Gasteiger partial charge is 0.300 e. The van der Waals surface area contributed by atoms with Crippen LogP contribution in [0.5, 0.6) is 0 Å². The molecule has 2 atom stereocenters. The molecule has 5 rings (SSSR count). The van der Waals surface area contributed by atoms with Crippen molar-refractivity contribution in [3.8, 4) is 0 Å². The minimum Gasteiger partial charge on any atom is -0.300 e. The van der Waals surface area contributed by atoms with Gasteiger partial charge in [-0.05, 0) is 75.5 Å². The number of hydrogen-bond acceptors (Lipinski definition) is 2. The summed E-state index contributed by atoms with van der Waals surface area (Å²) in [6.07, 6.45) is 10.6. The summed E-state index contributed by atoms with van der Waals surface area (Å²) >= 11 is 0. The highest BCUT2D eigenvalue weighted by molar-refractivity contribution is 5.79. The zero-order chi connectivity index (χ0) is 13.9. The van der Waals surface area contributed by atoms with Crippen LogP contribution in [0, 0.1) is 23.2 Å². The average molecular weight is 275 g/mol. The van der Waals surface area contributed by atoms with Crippen LogP contribution in [-0.2, 0) is 4.79 Å². The number of piperidine rings is 1. The van der Waals surface area contributed by atoms with Gasteiger partial charge in [0.2, 0.25) is 0 Å². The Balaban J connectivity index is 1.56. The maximum Gasteiger partial charge on any atom is 0.135 e. The van der Waals surface area contributed by atoms with E-state index in [1.165, 1.54) is 38.5 Å². The van der Waals surface area contributed by atoms with Crippen molar-refractivity contribution in [2.24, 2.45) is 23.2 Å². The predicted octanol–water partition coefficient (Wildman–Crippen LogP) is 3.64. The molecule has 0 aromatic rings. The maximum absolute atomic E-state index is 11.7. The topological polar surface area (TPSA) is 20.3 Å². The van der Waals surface area contributed by atoms with Gasteiger partial charge in [0.05, 0.1) is 0 Å². The van der Waals surface area contributed by atoms with Gasteiger partial charge in [0.15, 0.2) is 0 Å². The molecule has 0 N–H and O–H groups in total. The van der Waals surface area contributed by atoms with Crippen LogP contribution in [0.3, 0.4) is 0 Å². The van der Waals surface area contributed by atoms with Crippen molar-refractivity contribution in [2.45, 2.75) is 77.3 Å². The summed E-state index contributed by atoms with van der Waals surface area (Å²) in [5, 5.41) is 0. The van der Waals surface area contributed by atoms with Crippen LogP contribution in [0.2, 0.25) is 0 Å². The molecule has 5 fully saturated rings. The summed E-state index contributed by atoms with van der Waals surface area (Å²) in [6, 6.07) is 1.17. The molecule has 0 amide bonds. The van der Waals surface area contributed by atoms with E-state index < -0.39 is 0 Å². The zero-order valence-electron chi connectivity index (χ0n) is 13.1. The Morgan fingerprint density at radius 3 is 2.15 bits per heavy atom. The van der Waals surface area contributed by atoms with Crippen LogP contribution >= 0.6 is 0 Å². The fourth-order valence-electron chi connectivity index (χ4n) is 6.64. The molecule has 0 spiro atoms. The normalized spacial score (nSPS) is 49.6. The van der Waals surface area contributed by atoms with E-state index >= 15 is 0 Å². The van der Waals surface area contributed by atoms with Crippen LogP contribution in [0.15, 0.2) is 0 Å². The molecule has 2 heteroatoms. The van der Waals surface area contributed by atoms with E-state index in [9.17, 15) is 4.79 Å². The van der Waals surface area contributed by atoms with E-state index in [1.54, 1.807) is 0 Å². The lowest BCUT2D eigenvalue weighted by atomic mass is 9.47. The number of ketones is 1. The van der Waals surface area contributed by atoms with Gasteiger partial charge in [0, 0.05) is 31.5 Å². The highest BCUT2D eigenvalue weighted by Crippen LogP contribution is 2.62. The minimum absolute atomic E-state index is 0.472. The van der Waals surface area contributed by atoms with Crippen molar-refractivity contribution >= 4 is 5.78 Å². The van der Waals surface area contributed by atoms with Crippen LogP contribution < -0.4 is 0 Å². The number of rotatable bonds is 2. The first-order valence-corrected chi connectivity index (χ1v) is 8.83. The van der Waals surface area contributed by atoms with Gasteiger partial charge in [-0.3, -0.25) is 9.69 Å². The van der Waals surface area contributed by atoms with E-state index in [1.807, 2.05) is 0 Å². The molecule has 4 aliphatic carbocycles. The molecule has 0 aromatic carbocycles. The van der Waals surface area contributed by atoms with E-state index in [0.717, 1.165) is 37.1 Å². The predicted molar refractivity (Wildman–Crippen MR) is 80.5 cm³/mol. The molecule has 1 saturated heterocycles. The Morgan fingerprint density at radius 1 is 1.10 bits per heavy atom. The van der Waals surface area contributed by atoms with Gasteiger partial charge in [-0.2, -0.15) is 0 Å². The Bertz CT molecular complexity index is 380. The van der Waals surface area contributed by atoms with E-state index in [-0.39, 0.29) is 0 Å². The molecule has 2 nitrogen and oxygen atoms in total. The fraction of sp³-hybridized carbons (Fsp3) is 0.944. The summed E-state index contributed by atoms with van der Waals surface area (Å²) in [5.41, 5.74) is 0.601. The molecule has 4 saturated carbocycles. The summed E-state index contributed by atoms with van der Waals surface area (Å²) in [4.78, 5) is 14.4. The van der Waals surface area contributed by atoms with Gasteiger partial charge in [-0.25, -0.2) is 0 Å². The first-order chi connectivity index (χ1) is 9.56. The highest BCUT2D eigenvalue weighted by atomic mass is 16.1. The van der Waals surface area contributed by atoms with Crippen molar-refractivity contribution in [3.63, 3.8) is 0 Å². The number of likely N-dealkylation sites (tertiary alicyclic amines) is 1. The summed E-state index contributed by atoms with van der Waals surface area (Å²) in [5.74, 6) is 3.58. The third-order valence-electron chi connectivity index (χ3n) is 7.21. The van der Waals surface area contributed by atoms with Crippen molar-refractivity contribution in [3.05, 3.63) is 0 Å². The first-order valence-electron chi connectivity index (χ1n) is 8.83. The van der Waals surface area contributed by atoms with E-state index in [2.05, 4.69) is 18.7 Å². The molecular weight excluding hydrogens is 246 g/mol. The van der Waals surface area contributed by atoms with Crippen molar-refractivity contribution in [1.29, 1.82) is 0 Å². The Labute approximate surface area is 123 Å². The molecule has 4 bridgehead atoms. The fourth-order valence-corrected chi connectivity index (χ4v) is 6.64. The standard InChI is InChI=1S/C18H29NO/c1-12-5-17(20)3-4-19(12)13(2)18-9-14-6-15(10-18)8-16(7-14)11-18/h12-16H,3-11H2,1-2H3. The molecule has 0 radical (unpaired) electrons. The number of carbonyl (C=O) groups excluding carboxylic acids is 1. The molecule has 0 aromatic heterocycles. The lowest BCUT2D eigenvalue weighted by Crippen LogP contribution is -2.59. The quantitative estimate of drug-likeness (QED) is 0.767. The van der Waals surface area contributed by atoms with Crippen LogP contribution in [-0.4, -0.2) is 29.3 Å². The van der Waals surface area contributed by atoms with E-state index in [0.29, 0.717) is 23.3 Å². The minimum atomic E-state index is 0.472. The van der Waals surface area contributed by atoms with Crippen molar-refractivity contribution in [1.82, 2.24) is 4.90 Å². The van der Waals surface area contributed by atoms with Gasteiger partial charge < -0.3 is 0 Å². The van der Waals surface area contributed by atoms with Gasteiger partial charge in [0.1, 0.15) is 5.78 Å². The number of hydrogen-bond donors (Lipinski definition) is 0. The van der Waals surface area contributed by atoms with Crippen LogP contribution in [0.25, 0.3) is 0 Å². The van der Waals surface area contributed by atoms with Gasteiger partial charge in [-0.1, -0.05) is 0 Å². The van der Waals surface area contributed by atoms with Crippen molar-refractivity contribution < 1.29 is 4.79 Å². The second-order valence-corrected chi connectivity index (χ2v) is 8.54. The summed E-state index contributed by atoms with van der Waals surface area (Å²) < 4.78 is 0. The molecule has 1 heterocycles. The zero-order valence-corrected chi connectivity index (χ0v) is 13.1. The van der Waals surface area contributed by atoms with Crippen LogP contribution in [0.1, 0.15) is 65.2 Å². The van der Waals surface area contributed by atoms with Gasteiger partial charge in [-0.15, -0.1) is 0 Å². The Morgan fingerprint density at radius 2 is 1.65 bits per heavy atom.